The van der Waals surface area contributed by atoms with Crippen LogP contribution in [-0.4, -0.2) is 136 Å². The SMILES string of the molecule is CC(C)[C@H](NC(=O)CN)C(=O)N[C@@H](CO)C(=O)N[C@@H](CO)C(=O)N[C@@H](CO)C(=O)N[C@@H](C)C(=O)N[C@H](C(=O)O)[C@@H](C)O. The Morgan fingerprint density at radius 2 is 1.00 bits per heavy atom. The Morgan fingerprint density at radius 3 is 1.33 bits per heavy atom. The van der Waals surface area contributed by atoms with Crippen LogP contribution in [-0.2, 0) is 33.6 Å². The minimum absolute atomic E-state index is 0.402. The van der Waals surface area contributed by atoms with Crippen LogP contribution in [0, 0.1) is 5.92 Å². The number of hydrogen-bond acceptors (Lipinski definition) is 12. The molecule has 0 aliphatic rings. The first-order valence-electron chi connectivity index (χ1n) is 12.8. The quantitative estimate of drug-likeness (QED) is 0.0690. The van der Waals surface area contributed by atoms with Crippen LogP contribution in [0.25, 0.3) is 0 Å². The van der Waals surface area contributed by atoms with Gasteiger partial charge >= 0.3 is 5.97 Å². The van der Waals surface area contributed by atoms with Crippen LogP contribution in [0.1, 0.15) is 27.7 Å². The Bertz CT molecular complexity index is 977. The molecule has 0 rings (SSSR count). The zero-order valence-electron chi connectivity index (χ0n) is 23.6. The lowest BCUT2D eigenvalue weighted by atomic mass is 10.0. The zero-order chi connectivity index (χ0) is 32.7. The highest BCUT2D eigenvalue weighted by molar-refractivity contribution is 5.97. The second-order valence-electron chi connectivity index (χ2n) is 9.52. The number of carboxylic acid groups (broad SMARTS) is 1. The Labute approximate surface area is 241 Å². The van der Waals surface area contributed by atoms with E-state index in [0.717, 1.165) is 13.8 Å². The molecule has 0 aromatic heterocycles. The van der Waals surface area contributed by atoms with Gasteiger partial charge in [-0.3, -0.25) is 28.8 Å². The number of nitrogens with two attached hydrogens (primary N) is 1. The largest absolute Gasteiger partial charge is 0.480 e. The molecular weight excluding hydrogens is 566 g/mol. The van der Waals surface area contributed by atoms with Crippen molar-refractivity contribution in [2.24, 2.45) is 11.7 Å². The third-order valence-electron chi connectivity index (χ3n) is 5.70. The van der Waals surface area contributed by atoms with Gasteiger partial charge in [-0.15, -0.1) is 0 Å². The van der Waals surface area contributed by atoms with E-state index in [-0.39, 0.29) is 0 Å². The monoisotopic (exact) mass is 607 g/mol. The topological polar surface area (TPSA) is 319 Å². The minimum Gasteiger partial charge on any atom is -0.480 e. The molecule has 42 heavy (non-hydrogen) atoms. The first-order chi connectivity index (χ1) is 19.5. The average molecular weight is 608 g/mol. The molecule has 0 fully saturated rings. The Balaban J connectivity index is 5.32. The smallest absolute Gasteiger partial charge is 0.328 e. The maximum absolute atomic E-state index is 12.6. The van der Waals surface area contributed by atoms with E-state index in [2.05, 4.69) is 26.6 Å². The second-order valence-corrected chi connectivity index (χ2v) is 9.52. The molecule has 0 unspecified atom stereocenters. The molecule has 0 saturated carbocycles. The van der Waals surface area contributed by atoms with Crippen LogP contribution in [0.2, 0.25) is 0 Å². The van der Waals surface area contributed by atoms with E-state index in [9.17, 15) is 54.0 Å². The zero-order valence-corrected chi connectivity index (χ0v) is 23.6. The van der Waals surface area contributed by atoms with Crippen LogP contribution >= 0.6 is 0 Å². The highest BCUT2D eigenvalue weighted by atomic mass is 16.4. The molecule has 0 bridgehead atoms. The van der Waals surface area contributed by atoms with Crippen LogP contribution < -0.4 is 37.6 Å². The summed E-state index contributed by atoms with van der Waals surface area (Å²) in [7, 11) is 0. The molecule has 0 aliphatic heterocycles. The molecule has 0 aromatic carbocycles. The molecular formula is C23H41N7O12. The maximum Gasteiger partial charge on any atom is 0.328 e. The molecule has 19 heteroatoms. The molecule has 0 spiro atoms. The van der Waals surface area contributed by atoms with Gasteiger partial charge in [-0.25, -0.2) is 4.79 Å². The van der Waals surface area contributed by atoms with Crippen molar-refractivity contribution >= 4 is 41.4 Å². The third-order valence-corrected chi connectivity index (χ3v) is 5.70. The van der Waals surface area contributed by atoms with E-state index in [4.69, 9.17) is 10.8 Å². The van der Waals surface area contributed by atoms with Crippen LogP contribution in [0.4, 0.5) is 0 Å². The van der Waals surface area contributed by atoms with E-state index in [0.29, 0.717) is 0 Å². The number of aliphatic carboxylic acids is 1. The summed E-state index contributed by atoms with van der Waals surface area (Å²) in [5, 5.41) is 60.2. The van der Waals surface area contributed by atoms with E-state index in [1.165, 1.54) is 0 Å². The Morgan fingerprint density at radius 1 is 0.595 bits per heavy atom. The normalized spacial score (nSPS) is 16.0. The Kier molecular flexibility index (Phi) is 16.8. The predicted molar refractivity (Wildman–Crippen MR) is 142 cm³/mol. The van der Waals surface area contributed by atoms with Crippen LogP contribution in [0.15, 0.2) is 0 Å². The number of hydrogen-bond donors (Lipinski definition) is 12. The van der Waals surface area contributed by atoms with E-state index in [1.807, 2.05) is 5.32 Å². The summed E-state index contributed by atoms with van der Waals surface area (Å²) in [6.45, 7) is 2.14. The van der Waals surface area contributed by atoms with Crippen LogP contribution in [0.3, 0.4) is 0 Å². The van der Waals surface area contributed by atoms with Crippen molar-refractivity contribution in [1.29, 1.82) is 0 Å². The predicted octanol–water partition coefficient (Wildman–Crippen LogP) is -7.03. The summed E-state index contributed by atoms with van der Waals surface area (Å²) in [4.78, 5) is 85.3. The fraction of sp³-hybridized carbons (Fsp3) is 0.696. The molecule has 0 saturated heterocycles. The molecule has 7 atom stereocenters. The number of aliphatic hydroxyl groups excluding tert-OH is 4. The number of aliphatic hydroxyl groups is 4. The van der Waals surface area contributed by atoms with E-state index >= 15 is 0 Å². The van der Waals surface area contributed by atoms with Gasteiger partial charge in [-0.1, -0.05) is 13.8 Å². The molecule has 19 nitrogen and oxygen atoms in total. The van der Waals surface area contributed by atoms with Crippen molar-refractivity contribution in [2.45, 2.75) is 70.0 Å². The van der Waals surface area contributed by atoms with Gasteiger partial charge in [-0.05, 0) is 19.8 Å². The minimum atomic E-state index is -1.73. The van der Waals surface area contributed by atoms with Gasteiger partial charge in [0.2, 0.25) is 35.4 Å². The first-order valence-corrected chi connectivity index (χ1v) is 12.8. The van der Waals surface area contributed by atoms with Crippen molar-refractivity contribution in [1.82, 2.24) is 31.9 Å². The van der Waals surface area contributed by atoms with Crippen LogP contribution in [0.5, 0.6) is 0 Å². The fourth-order valence-corrected chi connectivity index (χ4v) is 3.20. The molecule has 0 aliphatic carbocycles. The lowest BCUT2D eigenvalue weighted by Gasteiger charge is -2.26. The summed E-state index contributed by atoms with van der Waals surface area (Å²) in [5.74, 6) is -7.84. The van der Waals surface area contributed by atoms with E-state index in [1.54, 1.807) is 13.8 Å². The van der Waals surface area contributed by atoms with E-state index < -0.39 is 116 Å². The highest BCUT2D eigenvalue weighted by Crippen LogP contribution is 2.03. The van der Waals surface area contributed by atoms with Crippen molar-refractivity contribution in [3.8, 4) is 0 Å². The standard InChI is InChI=1S/C23H41N7O12/c1-9(2)16(29-15(35)5-24)22(40)28-14(8-33)21(39)27-13(7-32)20(38)26-12(6-31)19(37)25-10(3)18(36)30-17(11(4)34)23(41)42/h9-14,16-17,31-34H,5-8,24H2,1-4H3,(H,25,37)(H,26,38)(H,27,39)(H,28,40)(H,29,35)(H,30,36)(H,41,42)/t10-,11+,12-,13-,14-,16-,17-/m0/s1. The molecule has 240 valence electrons. The first kappa shape index (κ1) is 38.1. The van der Waals surface area contributed by atoms with Crippen molar-refractivity contribution in [2.75, 3.05) is 26.4 Å². The molecule has 13 N–H and O–H groups in total. The number of amides is 6. The van der Waals surface area contributed by atoms with Gasteiger partial charge in [0.1, 0.15) is 30.2 Å². The summed E-state index contributed by atoms with van der Waals surface area (Å²) in [6, 6.07) is -9.22. The van der Waals surface area contributed by atoms with Crippen molar-refractivity contribution in [3.63, 3.8) is 0 Å². The summed E-state index contributed by atoms with van der Waals surface area (Å²) in [5.41, 5.74) is 5.24. The van der Waals surface area contributed by atoms with Gasteiger partial charge in [0.15, 0.2) is 6.04 Å². The lowest BCUT2D eigenvalue weighted by molar-refractivity contribution is -0.145. The van der Waals surface area contributed by atoms with Gasteiger partial charge in [0.25, 0.3) is 0 Å². The summed E-state index contributed by atoms with van der Waals surface area (Å²) < 4.78 is 0. The van der Waals surface area contributed by atoms with Gasteiger partial charge < -0.3 is 63.2 Å². The maximum atomic E-state index is 12.6. The fourth-order valence-electron chi connectivity index (χ4n) is 3.20. The second kappa shape index (κ2) is 18.5. The number of rotatable bonds is 18. The number of carbonyl (C=O) groups excluding carboxylic acids is 6. The Hall–Kier alpha value is -3.91. The molecule has 0 radical (unpaired) electrons. The third kappa shape index (κ3) is 12.3. The lowest BCUT2D eigenvalue weighted by Crippen LogP contribution is -2.61. The van der Waals surface area contributed by atoms with Crippen molar-refractivity contribution in [3.05, 3.63) is 0 Å². The average Bonchev–Trinajstić information content (AvgIpc) is 2.92. The molecule has 0 heterocycles. The molecule has 0 aromatic rings. The van der Waals surface area contributed by atoms with Gasteiger partial charge in [0, 0.05) is 0 Å². The number of carbonyl (C=O) groups is 7. The summed E-state index contributed by atoms with van der Waals surface area (Å²) >= 11 is 0. The van der Waals surface area contributed by atoms with Gasteiger partial charge in [-0.2, -0.15) is 0 Å². The summed E-state index contributed by atoms with van der Waals surface area (Å²) in [6.07, 6.45) is -1.46. The number of carboxylic acids is 1. The van der Waals surface area contributed by atoms with Crippen molar-refractivity contribution < 1.29 is 59.1 Å². The van der Waals surface area contributed by atoms with Gasteiger partial charge in [0.05, 0.1) is 32.5 Å². The molecule has 6 amide bonds. The number of nitrogens with one attached hydrogen (secondary N) is 6. The highest BCUT2D eigenvalue weighted by Gasteiger charge is 2.33.